The number of nitrogens with one attached hydrogen (secondary N) is 1. The molecule has 2 saturated carbocycles. The fourth-order valence-electron chi connectivity index (χ4n) is 3.53. The summed E-state index contributed by atoms with van der Waals surface area (Å²) in [6.45, 7) is 0.671. The minimum absolute atomic E-state index is 0.0654. The lowest BCUT2D eigenvalue weighted by molar-refractivity contribution is -0.130. The van der Waals surface area contributed by atoms with E-state index in [9.17, 15) is 9.90 Å². The van der Waals surface area contributed by atoms with Gasteiger partial charge in [0, 0.05) is 30.0 Å². The Morgan fingerprint density at radius 1 is 1.35 bits per heavy atom. The molecule has 126 valence electrons. The Kier molecular flexibility index (Phi) is 4.95. The summed E-state index contributed by atoms with van der Waals surface area (Å²) in [7, 11) is 1.59. The number of carbonyl (C=O) groups excluding carboxylic acids is 1. The molecule has 0 saturated heterocycles. The van der Waals surface area contributed by atoms with Crippen LogP contribution in [0.1, 0.15) is 37.7 Å². The number of aliphatic hydroxyl groups is 1. The summed E-state index contributed by atoms with van der Waals surface area (Å²) >= 11 is 5.95. The van der Waals surface area contributed by atoms with Crippen LogP contribution in [-0.4, -0.2) is 36.9 Å². The van der Waals surface area contributed by atoms with Crippen LogP contribution < -0.4 is 5.32 Å². The molecule has 0 heterocycles. The molecular formula is C18H24ClNO3. The van der Waals surface area contributed by atoms with Gasteiger partial charge in [0.05, 0.1) is 12.2 Å². The van der Waals surface area contributed by atoms with E-state index in [0.29, 0.717) is 19.4 Å². The molecule has 0 aliphatic heterocycles. The number of halogens is 1. The van der Waals surface area contributed by atoms with Gasteiger partial charge >= 0.3 is 0 Å². The summed E-state index contributed by atoms with van der Waals surface area (Å²) in [5.74, 6) is 0.0172. The van der Waals surface area contributed by atoms with Crippen LogP contribution in [0.25, 0.3) is 0 Å². The van der Waals surface area contributed by atoms with Crippen molar-refractivity contribution in [2.45, 2.75) is 49.7 Å². The maximum absolute atomic E-state index is 12.5. The lowest BCUT2D eigenvalue weighted by Gasteiger charge is -2.32. The fraction of sp³-hybridized carbons (Fsp3) is 0.611. The Hall–Kier alpha value is -1.10. The lowest BCUT2D eigenvalue weighted by atomic mass is 9.84. The maximum Gasteiger partial charge on any atom is 0.223 e. The van der Waals surface area contributed by atoms with Crippen LogP contribution in [0.2, 0.25) is 5.02 Å². The molecule has 0 spiro atoms. The summed E-state index contributed by atoms with van der Waals surface area (Å²) in [5, 5.41) is 13.7. The van der Waals surface area contributed by atoms with Gasteiger partial charge in [0.1, 0.15) is 0 Å². The van der Waals surface area contributed by atoms with Gasteiger partial charge in [-0.2, -0.15) is 0 Å². The van der Waals surface area contributed by atoms with Crippen molar-refractivity contribution in [3.8, 4) is 0 Å². The summed E-state index contributed by atoms with van der Waals surface area (Å²) in [6.07, 6.45) is 3.45. The van der Waals surface area contributed by atoms with E-state index in [-0.39, 0.29) is 23.3 Å². The number of aliphatic hydroxyl groups excluding tert-OH is 1. The third-order valence-electron chi connectivity index (χ3n) is 5.34. The number of hydrogen-bond donors (Lipinski definition) is 2. The van der Waals surface area contributed by atoms with Gasteiger partial charge in [-0.05, 0) is 49.8 Å². The van der Waals surface area contributed by atoms with Crippen molar-refractivity contribution >= 4 is 17.5 Å². The molecule has 0 unspecified atom stereocenters. The van der Waals surface area contributed by atoms with Gasteiger partial charge in [0.2, 0.25) is 5.91 Å². The van der Waals surface area contributed by atoms with Gasteiger partial charge in [-0.1, -0.05) is 23.7 Å². The number of rotatable bonds is 5. The highest BCUT2D eigenvalue weighted by Gasteiger charge is 2.44. The van der Waals surface area contributed by atoms with Crippen LogP contribution in [0.3, 0.4) is 0 Å². The molecule has 5 heteroatoms. The number of ether oxygens (including phenoxy) is 1. The first-order chi connectivity index (χ1) is 11.0. The normalized spacial score (nSPS) is 29.1. The monoisotopic (exact) mass is 337 g/mol. The molecule has 0 radical (unpaired) electrons. The molecule has 0 bridgehead atoms. The second-order valence-corrected chi connectivity index (χ2v) is 7.29. The first-order valence-electron chi connectivity index (χ1n) is 8.29. The smallest absolute Gasteiger partial charge is 0.223 e. The Bertz CT molecular complexity index is 556. The van der Waals surface area contributed by atoms with E-state index < -0.39 is 6.10 Å². The average Bonchev–Trinajstić information content (AvgIpc) is 3.35. The van der Waals surface area contributed by atoms with Crippen molar-refractivity contribution in [2.24, 2.45) is 5.92 Å². The fourth-order valence-corrected chi connectivity index (χ4v) is 3.65. The van der Waals surface area contributed by atoms with E-state index in [1.807, 2.05) is 12.1 Å². The molecule has 3 rings (SSSR count). The van der Waals surface area contributed by atoms with Crippen molar-refractivity contribution in [1.29, 1.82) is 0 Å². The van der Waals surface area contributed by atoms with Gasteiger partial charge in [-0.25, -0.2) is 0 Å². The first-order valence-corrected chi connectivity index (χ1v) is 8.66. The quantitative estimate of drug-likeness (QED) is 0.868. The van der Waals surface area contributed by atoms with Gasteiger partial charge in [0.15, 0.2) is 0 Å². The molecule has 2 aliphatic rings. The molecule has 4 nitrogen and oxygen atoms in total. The Labute approximate surface area is 142 Å². The van der Waals surface area contributed by atoms with Crippen molar-refractivity contribution < 1.29 is 14.6 Å². The van der Waals surface area contributed by atoms with E-state index in [1.54, 1.807) is 7.11 Å². The van der Waals surface area contributed by atoms with E-state index in [0.717, 1.165) is 24.3 Å². The van der Waals surface area contributed by atoms with Crippen LogP contribution in [0.4, 0.5) is 0 Å². The second-order valence-electron chi connectivity index (χ2n) is 6.86. The summed E-state index contributed by atoms with van der Waals surface area (Å²) in [5.41, 5.74) is 1.32. The largest absolute Gasteiger partial charge is 0.390 e. The van der Waals surface area contributed by atoms with Crippen molar-refractivity contribution in [1.82, 2.24) is 5.32 Å². The highest BCUT2D eigenvalue weighted by atomic mass is 35.5. The Balaban J connectivity index is 1.56. The SMILES string of the molecule is CO[C@@H]1C[C@H](C(=O)NCC2(c3ccc(Cl)cc3)CC2)CC[C@@H]1O. The van der Waals surface area contributed by atoms with Crippen LogP contribution >= 0.6 is 11.6 Å². The molecule has 2 N–H and O–H groups in total. The van der Waals surface area contributed by atoms with E-state index >= 15 is 0 Å². The van der Waals surface area contributed by atoms with Crippen LogP contribution in [0, 0.1) is 5.92 Å². The maximum atomic E-state index is 12.5. The van der Waals surface area contributed by atoms with Gasteiger partial charge in [-0.3, -0.25) is 4.79 Å². The Morgan fingerprint density at radius 3 is 2.65 bits per heavy atom. The average molecular weight is 338 g/mol. The zero-order valence-electron chi connectivity index (χ0n) is 13.4. The zero-order chi connectivity index (χ0) is 16.4. The minimum Gasteiger partial charge on any atom is -0.390 e. The summed E-state index contributed by atoms with van der Waals surface area (Å²) in [6, 6.07) is 7.92. The van der Waals surface area contributed by atoms with E-state index in [1.165, 1.54) is 5.56 Å². The van der Waals surface area contributed by atoms with E-state index in [4.69, 9.17) is 16.3 Å². The molecule has 1 aromatic rings. The summed E-state index contributed by atoms with van der Waals surface area (Å²) < 4.78 is 5.28. The van der Waals surface area contributed by atoms with Crippen LogP contribution in [-0.2, 0) is 14.9 Å². The number of hydrogen-bond acceptors (Lipinski definition) is 3. The zero-order valence-corrected chi connectivity index (χ0v) is 14.2. The van der Waals surface area contributed by atoms with Crippen LogP contribution in [0.5, 0.6) is 0 Å². The number of carbonyl (C=O) groups is 1. The minimum atomic E-state index is -0.451. The molecule has 1 aromatic carbocycles. The molecule has 23 heavy (non-hydrogen) atoms. The predicted octanol–water partition coefficient (Wildman–Crippen LogP) is 2.66. The third kappa shape index (κ3) is 3.70. The van der Waals surface area contributed by atoms with E-state index in [2.05, 4.69) is 17.4 Å². The van der Waals surface area contributed by atoms with Gasteiger partial charge in [0.25, 0.3) is 0 Å². The number of amides is 1. The highest BCUT2D eigenvalue weighted by molar-refractivity contribution is 6.30. The van der Waals surface area contributed by atoms with Gasteiger partial charge in [-0.15, -0.1) is 0 Å². The topological polar surface area (TPSA) is 58.6 Å². The predicted molar refractivity (Wildman–Crippen MR) is 89.5 cm³/mol. The third-order valence-corrected chi connectivity index (χ3v) is 5.59. The molecule has 0 aromatic heterocycles. The van der Waals surface area contributed by atoms with Gasteiger partial charge < -0.3 is 15.2 Å². The summed E-state index contributed by atoms with van der Waals surface area (Å²) in [4.78, 5) is 12.5. The molecule has 2 fully saturated rings. The standard InChI is InChI=1S/C18H24ClNO3/c1-23-16-10-12(2-7-15(16)21)17(22)20-11-18(8-9-18)13-3-5-14(19)6-4-13/h3-6,12,15-16,21H,2,7-11H2,1H3,(H,20,22)/t12-,15+,16-/m1/s1. The lowest BCUT2D eigenvalue weighted by Crippen LogP contribution is -2.43. The van der Waals surface area contributed by atoms with Crippen LogP contribution in [0.15, 0.2) is 24.3 Å². The molecule has 3 atom stereocenters. The van der Waals surface area contributed by atoms with Crippen molar-refractivity contribution in [3.05, 3.63) is 34.9 Å². The molecule has 2 aliphatic carbocycles. The number of benzene rings is 1. The highest BCUT2D eigenvalue weighted by Crippen LogP contribution is 2.47. The molecular weight excluding hydrogens is 314 g/mol. The number of methoxy groups -OCH3 is 1. The second kappa shape index (κ2) is 6.80. The Morgan fingerprint density at radius 2 is 2.04 bits per heavy atom. The first kappa shape index (κ1) is 16.7. The molecule has 1 amide bonds. The van der Waals surface area contributed by atoms with Crippen molar-refractivity contribution in [3.63, 3.8) is 0 Å². The van der Waals surface area contributed by atoms with Crippen molar-refractivity contribution in [2.75, 3.05) is 13.7 Å².